The van der Waals surface area contributed by atoms with E-state index in [9.17, 15) is 4.79 Å². The van der Waals surface area contributed by atoms with Gasteiger partial charge >= 0.3 is 0 Å². The predicted octanol–water partition coefficient (Wildman–Crippen LogP) is 3.05. The van der Waals surface area contributed by atoms with Crippen LogP contribution in [0, 0.1) is 0 Å². The van der Waals surface area contributed by atoms with E-state index in [2.05, 4.69) is 26.0 Å². The highest BCUT2D eigenvalue weighted by Crippen LogP contribution is 2.17. The number of aromatic nitrogens is 3. The topological polar surface area (TPSA) is 47.8 Å². The third-order valence-corrected chi connectivity index (χ3v) is 3.58. The third kappa shape index (κ3) is 3.10. The zero-order valence-electron chi connectivity index (χ0n) is 11.1. The van der Waals surface area contributed by atoms with Crippen LogP contribution in [0.3, 0.4) is 0 Å². The summed E-state index contributed by atoms with van der Waals surface area (Å²) in [4.78, 5) is 16.7. The zero-order valence-corrected chi connectivity index (χ0v) is 12.6. The predicted molar refractivity (Wildman–Crippen MR) is 77.3 cm³/mol. The maximum atomic E-state index is 12.3. The van der Waals surface area contributed by atoms with Crippen LogP contribution in [-0.2, 0) is 19.4 Å². The van der Waals surface area contributed by atoms with Crippen LogP contribution in [0.4, 0.5) is 0 Å². The molecule has 0 aliphatic heterocycles. The van der Waals surface area contributed by atoms with E-state index < -0.39 is 0 Å². The summed E-state index contributed by atoms with van der Waals surface area (Å²) in [6, 6.07) is 7.43. The molecule has 0 radical (unpaired) electrons. The van der Waals surface area contributed by atoms with Crippen molar-refractivity contribution in [3.05, 3.63) is 46.0 Å². The van der Waals surface area contributed by atoms with Gasteiger partial charge in [0.2, 0.25) is 0 Å². The Labute approximate surface area is 121 Å². The number of nitrogens with zero attached hydrogens (tertiary/aromatic N) is 3. The molecular formula is C14H16BrN3O. The Kier molecular flexibility index (Phi) is 4.47. The first kappa shape index (κ1) is 13.9. The zero-order chi connectivity index (χ0) is 13.8. The Balaban J connectivity index is 2.24. The van der Waals surface area contributed by atoms with Gasteiger partial charge in [-0.15, -0.1) is 0 Å². The fourth-order valence-electron chi connectivity index (χ4n) is 1.87. The minimum Gasteiger partial charge on any atom is -0.292 e. The molecule has 0 fully saturated rings. The summed E-state index contributed by atoms with van der Waals surface area (Å²) >= 11 is 3.40. The van der Waals surface area contributed by atoms with Gasteiger partial charge in [0.05, 0.1) is 0 Å². The summed E-state index contributed by atoms with van der Waals surface area (Å²) in [6.45, 7) is 4.26. The van der Waals surface area contributed by atoms with Crippen LogP contribution in [0.1, 0.15) is 35.9 Å². The van der Waals surface area contributed by atoms with Crippen molar-refractivity contribution in [1.82, 2.24) is 14.8 Å². The average Bonchev–Trinajstić information content (AvgIpc) is 2.81. The van der Waals surface area contributed by atoms with Gasteiger partial charge in [0.1, 0.15) is 12.4 Å². The second-order valence-electron chi connectivity index (χ2n) is 4.21. The monoisotopic (exact) mass is 321 g/mol. The van der Waals surface area contributed by atoms with Gasteiger partial charge in [-0.05, 0) is 6.07 Å². The standard InChI is InChI=1S/C14H16BrN3O/c1-3-13-16-14(4-2)18(17-13)9-12(19)10-7-5-6-8-11(10)15/h5-8H,3-4,9H2,1-2H3. The van der Waals surface area contributed by atoms with E-state index in [-0.39, 0.29) is 12.3 Å². The molecule has 2 aromatic rings. The van der Waals surface area contributed by atoms with E-state index in [1.54, 1.807) is 4.68 Å². The first-order chi connectivity index (χ1) is 9.15. The molecule has 0 saturated heterocycles. The molecular weight excluding hydrogens is 306 g/mol. The average molecular weight is 322 g/mol. The van der Waals surface area contributed by atoms with E-state index in [4.69, 9.17) is 0 Å². The number of aryl methyl sites for hydroxylation is 2. The van der Waals surface area contributed by atoms with Gasteiger partial charge in [-0.1, -0.05) is 48.0 Å². The van der Waals surface area contributed by atoms with Crippen molar-refractivity contribution in [3.8, 4) is 0 Å². The summed E-state index contributed by atoms with van der Waals surface area (Å²) in [6.07, 6.45) is 1.56. The van der Waals surface area contributed by atoms with Crippen molar-refractivity contribution >= 4 is 21.7 Å². The SMILES string of the molecule is CCc1nc(CC)n(CC(=O)c2ccccc2Br)n1. The van der Waals surface area contributed by atoms with E-state index in [1.807, 2.05) is 38.1 Å². The summed E-state index contributed by atoms with van der Waals surface area (Å²) in [5, 5.41) is 4.36. The van der Waals surface area contributed by atoms with Crippen LogP contribution in [0.25, 0.3) is 0 Å². The fourth-order valence-corrected chi connectivity index (χ4v) is 2.38. The lowest BCUT2D eigenvalue weighted by molar-refractivity contribution is 0.0965. The summed E-state index contributed by atoms with van der Waals surface area (Å²) in [5.74, 6) is 1.68. The van der Waals surface area contributed by atoms with Gasteiger partial charge in [0, 0.05) is 22.9 Å². The van der Waals surface area contributed by atoms with Crippen LogP contribution in [-0.4, -0.2) is 20.5 Å². The Morgan fingerprint density at radius 1 is 1.26 bits per heavy atom. The Morgan fingerprint density at radius 3 is 2.63 bits per heavy atom. The molecule has 0 aliphatic rings. The minimum atomic E-state index is 0.0368. The molecule has 1 aromatic heterocycles. The van der Waals surface area contributed by atoms with Crippen molar-refractivity contribution < 1.29 is 4.79 Å². The van der Waals surface area contributed by atoms with Gasteiger partial charge in [-0.25, -0.2) is 9.67 Å². The molecule has 100 valence electrons. The van der Waals surface area contributed by atoms with Gasteiger partial charge in [-0.2, -0.15) is 5.10 Å². The maximum Gasteiger partial charge on any atom is 0.185 e. The van der Waals surface area contributed by atoms with Crippen molar-refractivity contribution in [3.63, 3.8) is 0 Å². The molecule has 0 atom stereocenters. The summed E-state index contributed by atoms with van der Waals surface area (Å²) < 4.78 is 2.52. The van der Waals surface area contributed by atoms with Crippen molar-refractivity contribution in [2.45, 2.75) is 33.2 Å². The second-order valence-corrected chi connectivity index (χ2v) is 5.07. The lowest BCUT2D eigenvalue weighted by Gasteiger charge is -2.05. The molecule has 2 rings (SSSR count). The first-order valence-corrected chi connectivity index (χ1v) is 7.15. The number of carbonyl (C=O) groups is 1. The molecule has 0 bridgehead atoms. The molecule has 0 amide bonds. The smallest absolute Gasteiger partial charge is 0.185 e. The maximum absolute atomic E-state index is 12.3. The molecule has 19 heavy (non-hydrogen) atoms. The Bertz CT molecular complexity index is 592. The lowest BCUT2D eigenvalue weighted by Crippen LogP contribution is -2.14. The minimum absolute atomic E-state index is 0.0368. The van der Waals surface area contributed by atoms with Crippen LogP contribution in [0.5, 0.6) is 0 Å². The van der Waals surface area contributed by atoms with E-state index in [0.717, 1.165) is 29.0 Å². The van der Waals surface area contributed by atoms with Crippen molar-refractivity contribution in [2.24, 2.45) is 0 Å². The molecule has 0 spiro atoms. The summed E-state index contributed by atoms with van der Waals surface area (Å²) in [7, 11) is 0. The Hall–Kier alpha value is -1.49. The number of benzene rings is 1. The highest BCUT2D eigenvalue weighted by atomic mass is 79.9. The number of ketones is 1. The van der Waals surface area contributed by atoms with E-state index in [1.165, 1.54) is 0 Å². The molecule has 4 nitrogen and oxygen atoms in total. The van der Waals surface area contributed by atoms with Crippen molar-refractivity contribution in [1.29, 1.82) is 0 Å². The van der Waals surface area contributed by atoms with Gasteiger partial charge < -0.3 is 0 Å². The summed E-state index contributed by atoms with van der Waals surface area (Å²) in [5.41, 5.74) is 0.679. The van der Waals surface area contributed by atoms with E-state index >= 15 is 0 Å². The van der Waals surface area contributed by atoms with Gasteiger partial charge in [0.15, 0.2) is 11.6 Å². The first-order valence-electron chi connectivity index (χ1n) is 6.36. The van der Waals surface area contributed by atoms with Crippen LogP contribution in [0.15, 0.2) is 28.7 Å². The number of hydrogen-bond donors (Lipinski definition) is 0. The number of carbonyl (C=O) groups excluding carboxylic acids is 1. The quantitative estimate of drug-likeness (QED) is 0.795. The Morgan fingerprint density at radius 2 is 2.00 bits per heavy atom. The largest absolute Gasteiger partial charge is 0.292 e. The lowest BCUT2D eigenvalue weighted by atomic mass is 10.1. The van der Waals surface area contributed by atoms with Crippen LogP contribution >= 0.6 is 15.9 Å². The van der Waals surface area contributed by atoms with Crippen LogP contribution < -0.4 is 0 Å². The number of hydrogen-bond acceptors (Lipinski definition) is 3. The van der Waals surface area contributed by atoms with Crippen LogP contribution in [0.2, 0.25) is 0 Å². The molecule has 0 aliphatic carbocycles. The fraction of sp³-hybridized carbons (Fsp3) is 0.357. The van der Waals surface area contributed by atoms with Crippen molar-refractivity contribution in [2.75, 3.05) is 0 Å². The molecule has 0 unspecified atom stereocenters. The molecule has 0 N–H and O–H groups in total. The number of rotatable bonds is 5. The van der Waals surface area contributed by atoms with Gasteiger partial charge in [0.25, 0.3) is 0 Å². The second kappa shape index (κ2) is 6.10. The highest BCUT2D eigenvalue weighted by Gasteiger charge is 2.14. The molecule has 1 aromatic carbocycles. The normalized spacial score (nSPS) is 10.7. The third-order valence-electron chi connectivity index (χ3n) is 2.89. The number of Topliss-reactive ketones (excluding diaryl/α,β-unsaturated/α-hetero) is 1. The molecule has 0 saturated carbocycles. The van der Waals surface area contributed by atoms with Gasteiger partial charge in [-0.3, -0.25) is 4.79 Å². The number of halogens is 1. The van der Waals surface area contributed by atoms with E-state index in [0.29, 0.717) is 5.56 Å². The molecule has 5 heteroatoms. The molecule has 1 heterocycles. The highest BCUT2D eigenvalue weighted by molar-refractivity contribution is 9.10.